The molecule has 1 unspecified atom stereocenters. The van der Waals surface area contributed by atoms with Gasteiger partial charge in [0.15, 0.2) is 0 Å². The number of rotatable bonds is 3. The molecule has 0 aromatic heterocycles. The molecule has 1 atom stereocenters. The van der Waals surface area contributed by atoms with Crippen LogP contribution in [0.1, 0.15) is 56.3 Å². The van der Waals surface area contributed by atoms with Crippen molar-refractivity contribution in [2.75, 3.05) is 24.5 Å². The Balaban J connectivity index is 1.86. The first kappa shape index (κ1) is 24.8. The van der Waals surface area contributed by atoms with Gasteiger partial charge in [-0.2, -0.15) is 0 Å². The van der Waals surface area contributed by atoms with E-state index in [1.807, 2.05) is 36.1 Å². The molecule has 0 bridgehead atoms. The van der Waals surface area contributed by atoms with Crippen molar-refractivity contribution in [3.63, 3.8) is 0 Å². The Kier molecular flexibility index (Phi) is 7.19. The quantitative estimate of drug-likeness (QED) is 0.621. The van der Waals surface area contributed by atoms with Crippen LogP contribution in [0.15, 0.2) is 54.2 Å². The number of allylic oxidation sites excluding steroid dienone is 1. The second kappa shape index (κ2) is 10.1. The molecular weight excluding hydrogens is 462 g/mol. The highest BCUT2D eigenvalue weighted by molar-refractivity contribution is 6.30. The van der Waals surface area contributed by atoms with E-state index in [1.165, 1.54) is 5.57 Å². The van der Waals surface area contributed by atoms with Crippen LogP contribution in [0.3, 0.4) is 0 Å². The first-order valence-corrected chi connectivity index (χ1v) is 12.2. The Hall–Kier alpha value is -3.29. The highest BCUT2D eigenvalue weighted by Gasteiger charge is 2.32. The fourth-order valence-electron chi connectivity index (χ4n) is 5.07. The molecule has 2 aliphatic heterocycles. The summed E-state index contributed by atoms with van der Waals surface area (Å²) in [6.07, 6.45) is 3.50. The number of amides is 2. The molecule has 7 nitrogen and oxygen atoms in total. The topological polar surface area (TPSA) is 95.9 Å². The van der Waals surface area contributed by atoms with Gasteiger partial charge in [-0.3, -0.25) is 9.59 Å². The molecule has 184 valence electrons. The number of nitrogens with two attached hydrogens (primary N) is 2. The van der Waals surface area contributed by atoms with Gasteiger partial charge in [0.1, 0.15) is 0 Å². The lowest BCUT2D eigenvalue weighted by atomic mass is 9.90. The van der Waals surface area contributed by atoms with Crippen LogP contribution >= 0.6 is 11.6 Å². The summed E-state index contributed by atoms with van der Waals surface area (Å²) >= 11 is 6.29. The third kappa shape index (κ3) is 5.06. The van der Waals surface area contributed by atoms with E-state index in [0.29, 0.717) is 36.8 Å². The van der Waals surface area contributed by atoms with E-state index in [1.54, 1.807) is 29.8 Å². The maximum Gasteiger partial charge on any atom is 0.224 e. The number of hydrogen-bond acceptors (Lipinski definition) is 5. The number of benzene rings is 2. The third-order valence-corrected chi connectivity index (χ3v) is 6.97. The van der Waals surface area contributed by atoms with Crippen molar-refractivity contribution in [2.45, 2.75) is 39.7 Å². The molecule has 4 rings (SSSR count). The predicted molar refractivity (Wildman–Crippen MR) is 141 cm³/mol. The summed E-state index contributed by atoms with van der Waals surface area (Å²) in [6.45, 7) is 6.82. The van der Waals surface area contributed by atoms with Gasteiger partial charge in [-0.15, -0.1) is 0 Å². The van der Waals surface area contributed by atoms with Crippen LogP contribution < -0.4 is 16.5 Å². The summed E-state index contributed by atoms with van der Waals surface area (Å²) in [6, 6.07) is 13.4. The summed E-state index contributed by atoms with van der Waals surface area (Å²) in [5, 5.41) is 2.24. The van der Waals surface area contributed by atoms with Crippen LogP contribution in [0.4, 0.5) is 5.69 Å². The molecule has 0 spiro atoms. The molecule has 2 heterocycles. The van der Waals surface area contributed by atoms with E-state index in [4.69, 9.17) is 23.2 Å². The van der Waals surface area contributed by atoms with Gasteiger partial charge >= 0.3 is 0 Å². The first-order valence-electron chi connectivity index (χ1n) is 11.8. The van der Waals surface area contributed by atoms with Crippen LogP contribution in [0.5, 0.6) is 0 Å². The third-order valence-electron chi connectivity index (χ3n) is 6.73. The highest BCUT2D eigenvalue weighted by Crippen LogP contribution is 2.40. The number of hydrazine groups is 1. The maximum atomic E-state index is 13.0. The Bertz CT molecular complexity index is 1220. The van der Waals surface area contributed by atoms with Gasteiger partial charge in [0.2, 0.25) is 11.8 Å². The fraction of sp³-hybridized carbons (Fsp3) is 0.333. The standard InChI is InChI=1S/C27H32ClN5O2/c1-17(29)27-24-8-7-21(20-9-12-31(13-10-20)18(2)34)15-25(24)26(11-14-32(27)30)33(19(3)35)23-6-4-5-22(28)16-23/h4-9,15-16,26H,10-14,29-30H2,1-3H3/b27-17-. The fourth-order valence-corrected chi connectivity index (χ4v) is 5.25. The number of halogens is 1. The Labute approximate surface area is 211 Å². The molecule has 0 saturated carbocycles. The van der Waals surface area contributed by atoms with Gasteiger partial charge in [-0.25, -0.2) is 5.84 Å². The Morgan fingerprint density at radius 3 is 2.46 bits per heavy atom. The summed E-state index contributed by atoms with van der Waals surface area (Å²) in [7, 11) is 0. The molecule has 0 saturated heterocycles. The van der Waals surface area contributed by atoms with Gasteiger partial charge in [-0.1, -0.05) is 35.9 Å². The normalized spacial score (nSPS) is 19.5. The average Bonchev–Trinajstić information content (AvgIpc) is 2.95. The van der Waals surface area contributed by atoms with Crippen LogP contribution in [0.2, 0.25) is 5.02 Å². The van der Waals surface area contributed by atoms with Crippen LogP contribution in [0, 0.1) is 0 Å². The molecule has 8 heteroatoms. The number of hydrogen-bond donors (Lipinski definition) is 2. The van der Waals surface area contributed by atoms with E-state index in [-0.39, 0.29) is 17.9 Å². The minimum Gasteiger partial charge on any atom is -0.401 e. The van der Waals surface area contributed by atoms with Gasteiger partial charge in [0, 0.05) is 55.5 Å². The largest absolute Gasteiger partial charge is 0.401 e. The van der Waals surface area contributed by atoms with Crippen molar-refractivity contribution in [3.8, 4) is 0 Å². The lowest BCUT2D eigenvalue weighted by molar-refractivity contribution is -0.128. The van der Waals surface area contributed by atoms with E-state index in [2.05, 4.69) is 18.2 Å². The SMILES string of the molecule is CC(=O)N1CC=C(c2ccc3c(c2)C(N(C(C)=O)c2cccc(Cl)c2)CCN(N)/C3=C(/C)N)CC1. The number of fused-ring (bicyclic) bond motifs is 1. The summed E-state index contributed by atoms with van der Waals surface area (Å²) < 4.78 is 0. The Morgan fingerprint density at radius 1 is 1.09 bits per heavy atom. The zero-order valence-corrected chi connectivity index (χ0v) is 21.2. The van der Waals surface area contributed by atoms with Crippen molar-refractivity contribution in [2.24, 2.45) is 11.6 Å². The van der Waals surface area contributed by atoms with Gasteiger partial charge in [0.05, 0.1) is 11.7 Å². The monoisotopic (exact) mass is 493 g/mol. The predicted octanol–water partition coefficient (Wildman–Crippen LogP) is 4.30. The van der Waals surface area contributed by atoms with Crippen molar-refractivity contribution in [1.29, 1.82) is 0 Å². The molecular formula is C27H32ClN5O2. The minimum absolute atomic E-state index is 0.0805. The highest BCUT2D eigenvalue weighted by atomic mass is 35.5. The molecule has 2 aliphatic rings. The van der Waals surface area contributed by atoms with Crippen LogP contribution in [-0.2, 0) is 9.59 Å². The zero-order chi connectivity index (χ0) is 25.3. The summed E-state index contributed by atoms with van der Waals surface area (Å²) in [4.78, 5) is 28.4. The number of carbonyl (C=O) groups excluding carboxylic acids is 2. The van der Waals surface area contributed by atoms with Gasteiger partial charge in [-0.05, 0) is 60.7 Å². The van der Waals surface area contributed by atoms with Crippen molar-refractivity contribution < 1.29 is 9.59 Å². The zero-order valence-electron chi connectivity index (χ0n) is 20.4. The number of anilines is 1. The van der Waals surface area contributed by atoms with Crippen molar-refractivity contribution in [1.82, 2.24) is 9.91 Å². The molecule has 2 amide bonds. The second-order valence-electron chi connectivity index (χ2n) is 9.14. The molecule has 4 N–H and O–H groups in total. The second-order valence-corrected chi connectivity index (χ2v) is 9.58. The maximum absolute atomic E-state index is 13.0. The summed E-state index contributed by atoms with van der Waals surface area (Å²) in [5.41, 5.74) is 12.6. The van der Waals surface area contributed by atoms with Gasteiger partial charge in [0.25, 0.3) is 0 Å². The van der Waals surface area contributed by atoms with E-state index in [9.17, 15) is 9.59 Å². The summed E-state index contributed by atoms with van der Waals surface area (Å²) in [5.74, 6) is 6.44. The lowest BCUT2D eigenvalue weighted by Crippen LogP contribution is -2.35. The smallest absolute Gasteiger partial charge is 0.224 e. The lowest BCUT2D eigenvalue weighted by Gasteiger charge is -2.32. The molecule has 2 aromatic rings. The van der Waals surface area contributed by atoms with Gasteiger partial charge < -0.3 is 20.5 Å². The van der Waals surface area contributed by atoms with Crippen LogP contribution in [0.25, 0.3) is 11.3 Å². The minimum atomic E-state index is -0.262. The average molecular weight is 494 g/mol. The molecule has 0 radical (unpaired) electrons. The Morgan fingerprint density at radius 2 is 1.86 bits per heavy atom. The van der Waals surface area contributed by atoms with E-state index in [0.717, 1.165) is 34.5 Å². The molecule has 0 aliphatic carbocycles. The molecule has 35 heavy (non-hydrogen) atoms. The van der Waals surface area contributed by atoms with Crippen LogP contribution in [-0.4, -0.2) is 41.4 Å². The van der Waals surface area contributed by atoms with E-state index < -0.39 is 0 Å². The number of nitrogens with zero attached hydrogens (tertiary/aromatic N) is 3. The first-order chi connectivity index (χ1) is 16.7. The molecule has 2 aromatic carbocycles. The van der Waals surface area contributed by atoms with Crippen molar-refractivity contribution >= 4 is 40.4 Å². The van der Waals surface area contributed by atoms with Crippen molar-refractivity contribution in [3.05, 3.63) is 76.0 Å². The number of carbonyl (C=O) groups is 2. The van der Waals surface area contributed by atoms with E-state index >= 15 is 0 Å². The molecule has 0 fully saturated rings.